The van der Waals surface area contributed by atoms with Gasteiger partial charge in [0.2, 0.25) is 0 Å². The van der Waals surface area contributed by atoms with Crippen LogP contribution in [0.2, 0.25) is 0 Å². The highest BCUT2D eigenvalue weighted by molar-refractivity contribution is 9.10. The van der Waals surface area contributed by atoms with Crippen LogP contribution in [-0.4, -0.2) is 22.4 Å². The summed E-state index contributed by atoms with van der Waals surface area (Å²) < 4.78 is 0. The van der Waals surface area contributed by atoms with E-state index in [2.05, 4.69) is 15.9 Å². The van der Waals surface area contributed by atoms with E-state index in [9.17, 15) is 14.4 Å². The van der Waals surface area contributed by atoms with Gasteiger partial charge in [-0.3, -0.25) is 14.4 Å². The molecule has 3 heterocycles. The quantitative estimate of drug-likeness (QED) is 0.589. The zero-order valence-corrected chi connectivity index (χ0v) is 10.9. The predicted molar refractivity (Wildman–Crippen MR) is 66.7 cm³/mol. The molecule has 2 amide bonds. The lowest BCUT2D eigenvalue weighted by Crippen LogP contribution is -2.35. The third kappa shape index (κ3) is 1.70. The lowest BCUT2D eigenvalue weighted by Gasteiger charge is -2.20. The standard InChI is InChI=1S/C8H3NO2.C4H7BrO/c10-7-4-2-1-3-5-6(4)8(11)9(5)7;1-3(5)4(2)6/h1-3H;3H,1-2H3. The third-order valence-electron chi connectivity index (χ3n) is 2.69. The summed E-state index contributed by atoms with van der Waals surface area (Å²) in [6, 6.07) is 5.26. The molecule has 0 radical (unpaired) electrons. The Labute approximate surface area is 107 Å². The fourth-order valence-corrected chi connectivity index (χ4v) is 1.62. The summed E-state index contributed by atoms with van der Waals surface area (Å²) in [5.41, 5.74) is 1.95. The number of benzene rings is 1. The number of ketones is 1. The summed E-state index contributed by atoms with van der Waals surface area (Å²) in [6.45, 7) is 3.36. The van der Waals surface area contributed by atoms with Crippen molar-refractivity contribution in [2.24, 2.45) is 0 Å². The van der Waals surface area contributed by atoms with Crippen molar-refractivity contribution >= 4 is 39.2 Å². The van der Waals surface area contributed by atoms with Gasteiger partial charge in [0, 0.05) is 0 Å². The van der Waals surface area contributed by atoms with Crippen LogP contribution < -0.4 is 4.90 Å². The molecule has 4 nitrogen and oxygen atoms in total. The number of alkyl halides is 1. The van der Waals surface area contributed by atoms with Crippen molar-refractivity contribution < 1.29 is 14.4 Å². The molecule has 4 bridgehead atoms. The van der Waals surface area contributed by atoms with Gasteiger partial charge in [-0.1, -0.05) is 22.0 Å². The van der Waals surface area contributed by atoms with Crippen LogP contribution in [0.25, 0.3) is 0 Å². The highest BCUT2D eigenvalue weighted by Crippen LogP contribution is 2.43. The molecule has 0 N–H and O–H groups in total. The molecule has 3 aliphatic heterocycles. The lowest BCUT2D eigenvalue weighted by atomic mass is 10.1. The topological polar surface area (TPSA) is 54.5 Å². The summed E-state index contributed by atoms with van der Waals surface area (Å²) >= 11 is 3.09. The first-order chi connectivity index (χ1) is 7.95. The van der Waals surface area contributed by atoms with E-state index in [1.807, 2.05) is 6.92 Å². The Morgan fingerprint density at radius 3 is 2.29 bits per heavy atom. The molecule has 0 aromatic heterocycles. The van der Waals surface area contributed by atoms with Crippen LogP contribution in [0.15, 0.2) is 18.2 Å². The van der Waals surface area contributed by atoms with Gasteiger partial charge in [-0.05, 0) is 26.0 Å². The van der Waals surface area contributed by atoms with Gasteiger partial charge < -0.3 is 0 Å². The largest absolute Gasteiger partial charge is 0.299 e. The maximum atomic E-state index is 11.2. The maximum absolute atomic E-state index is 11.2. The zero-order valence-electron chi connectivity index (χ0n) is 9.36. The Hall–Kier alpha value is -1.49. The van der Waals surface area contributed by atoms with Crippen LogP contribution in [0, 0.1) is 0 Å². The number of amides is 2. The van der Waals surface area contributed by atoms with E-state index in [0.717, 1.165) is 5.69 Å². The second-order valence-corrected chi connectivity index (χ2v) is 5.25. The number of Topliss-reactive ketones (excluding diaryl/α,β-unsaturated/α-hetero) is 1. The molecule has 0 saturated heterocycles. The van der Waals surface area contributed by atoms with Gasteiger partial charge in [-0.25, -0.2) is 4.90 Å². The molecule has 1 atom stereocenters. The molecule has 0 aliphatic carbocycles. The monoisotopic (exact) mass is 295 g/mol. The molecule has 1 aromatic carbocycles. The van der Waals surface area contributed by atoms with E-state index in [1.54, 1.807) is 25.1 Å². The van der Waals surface area contributed by atoms with Gasteiger partial charge in [-0.2, -0.15) is 0 Å². The highest BCUT2D eigenvalue weighted by atomic mass is 79.9. The van der Waals surface area contributed by atoms with Crippen LogP contribution >= 0.6 is 15.9 Å². The van der Waals surface area contributed by atoms with Crippen molar-refractivity contribution in [1.29, 1.82) is 0 Å². The minimum atomic E-state index is -0.162. The number of anilines is 1. The van der Waals surface area contributed by atoms with E-state index in [4.69, 9.17) is 0 Å². The number of hydrogen-bond donors (Lipinski definition) is 0. The van der Waals surface area contributed by atoms with Crippen LogP contribution in [0.3, 0.4) is 0 Å². The van der Waals surface area contributed by atoms with Crippen LogP contribution in [0.4, 0.5) is 5.69 Å². The number of halogens is 1. The molecular weight excluding hydrogens is 286 g/mol. The average Bonchev–Trinajstić information content (AvgIpc) is 2.61. The number of carbonyl (C=O) groups is 3. The fraction of sp³-hybridized carbons (Fsp3) is 0.250. The zero-order chi connectivity index (χ0) is 12.7. The van der Waals surface area contributed by atoms with Gasteiger partial charge in [0.1, 0.15) is 5.78 Å². The number of rotatable bonds is 1. The van der Waals surface area contributed by atoms with Gasteiger partial charge in [0.05, 0.1) is 21.6 Å². The Kier molecular flexibility index (Phi) is 2.87. The first-order valence-corrected chi connectivity index (χ1v) is 6.03. The van der Waals surface area contributed by atoms with E-state index in [1.165, 1.54) is 4.90 Å². The summed E-state index contributed by atoms with van der Waals surface area (Å²) in [6.07, 6.45) is 0. The van der Waals surface area contributed by atoms with Gasteiger partial charge in [-0.15, -0.1) is 0 Å². The number of nitrogens with zero attached hydrogens (tertiary/aromatic N) is 1. The van der Waals surface area contributed by atoms with Crippen molar-refractivity contribution in [3.8, 4) is 0 Å². The van der Waals surface area contributed by atoms with E-state index >= 15 is 0 Å². The molecular formula is C12H10BrNO3. The Morgan fingerprint density at radius 2 is 1.88 bits per heavy atom. The SMILES string of the molecule is CC(=O)C(C)Br.O=C1c2cccc3c2C(=O)N13. The highest BCUT2D eigenvalue weighted by Gasteiger charge is 2.48. The summed E-state index contributed by atoms with van der Waals surface area (Å²) in [7, 11) is 0. The van der Waals surface area contributed by atoms with E-state index in [-0.39, 0.29) is 22.4 Å². The second kappa shape index (κ2) is 4.07. The first-order valence-electron chi connectivity index (χ1n) is 5.11. The molecule has 1 unspecified atom stereocenters. The Morgan fingerprint density at radius 1 is 1.29 bits per heavy atom. The molecule has 0 fully saturated rings. The normalized spacial score (nSPS) is 16.1. The predicted octanol–water partition coefficient (Wildman–Crippen LogP) is 2.16. The Balaban J connectivity index is 0.000000157. The average molecular weight is 296 g/mol. The summed E-state index contributed by atoms with van der Waals surface area (Å²) in [5.74, 6) is -0.124. The van der Waals surface area contributed by atoms with Crippen molar-refractivity contribution in [2.75, 3.05) is 4.90 Å². The summed E-state index contributed by atoms with van der Waals surface area (Å²) in [4.78, 5) is 33.5. The number of hydrogen-bond acceptors (Lipinski definition) is 3. The van der Waals surface area contributed by atoms with E-state index < -0.39 is 0 Å². The van der Waals surface area contributed by atoms with Gasteiger partial charge in [0.25, 0.3) is 11.8 Å². The first kappa shape index (κ1) is 12.0. The van der Waals surface area contributed by atoms with E-state index in [0.29, 0.717) is 11.1 Å². The molecule has 17 heavy (non-hydrogen) atoms. The van der Waals surface area contributed by atoms with Crippen LogP contribution in [0.1, 0.15) is 34.6 Å². The smallest absolute Gasteiger partial charge is 0.268 e. The van der Waals surface area contributed by atoms with Crippen molar-refractivity contribution in [3.63, 3.8) is 0 Å². The number of carbonyl (C=O) groups excluding carboxylic acids is 3. The molecule has 5 heteroatoms. The molecule has 4 rings (SSSR count). The Bertz CT molecular complexity index is 537. The minimum absolute atomic E-state index is 0.0255. The van der Waals surface area contributed by atoms with Crippen molar-refractivity contribution in [2.45, 2.75) is 18.7 Å². The molecule has 3 aliphatic rings. The van der Waals surface area contributed by atoms with Crippen molar-refractivity contribution in [3.05, 3.63) is 29.3 Å². The van der Waals surface area contributed by atoms with Gasteiger partial charge >= 0.3 is 0 Å². The molecule has 1 aromatic rings. The van der Waals surface area contributed by atoms with Crippen LogP contribution in [-0.2, 0) is 4.79 Å². The van der Waals surface area contributed by atoms with Crippen LogP contribution in [0.5, 0.6) is 0 Å². The maximum Gasteiger partial charge on any atom is 0.268 e. The summed E-state index contributed by atoms with van der Waals surface area (Å²) in [5, 5.41) is 0. The fourth-order valence-electron chi connectivity index (χ4n) is 1.62. The third-order valence-corrected chi connectivity index (χ3v) is 3.34. The molecule has 88 valence electrons. The molecule has 0 spiro atoms. The minimum Gasteiger partial charge on any atom is -0.299 e. The second-order valence-electron chi connectivity index (χ2n) is 3.87. The van der Waals surface area contributed by atoms with Gasteiger partial charge in [0.15, 0.2) is 0 Å². The number of imide groups is 1. The lowest BCUT2D eigenvalue weighted by molar-refractivity contribution is -0.116. The van der Waals surface area contributed by atoms with Crippen molar-refractivity contribution in [1.82, 2.24) is 0 Å². The molecule has 0 saturated carbocycles.